The Morgan fingerprint density at radius 2 is 1.95 bits per heavy atom. The van der Waals surface area contributed by atoms with Crippen molar-refractivity contribution in [2.24, 2.45) is 5.41 Å². The highest BCUT2D eigenvalue weighted by molar-refractivity contribution is 9.10. The molecular weight excluding hydrogens is 336 g/mol. The Hall–Kier alpha value is -1.30. The summed E-state index contributed by atoms with van der Waals surface area (Å²) in [5.41, 5.74) is -0.00638. The standard InChI is InChI=1S/C15H21BrN2O3/c1-3-15(14(20)21)5-7-18(8-6-15)13(19)12-9-11(16)10-17(12)4-2/h9-10H,3-8H2,1-2H3,(H,20,21). The number of hydrogen-bond acceptors (Lipinski definition) is 2. The third-order valence-electron chi connectivity index (χ3n) is 4.56. The van der Waals surface area contributed by atoms with Crippen LogP contribution >= 0.6 is 15.9 Å². The van der Waals surface area contributed by atoms with Gasteiger partial charge in [0, 0.05) is 30.3 Å². The summed E-state index contributed by atoms with van der Waals surface area (Å²) in [6.07, 6.45) is 3.56. The maximum Gasteiger partial charge on any atom is 0.309 e. The first-order valence-electron chi connectivity index (χ1n) is 7.32. The van der Waals surface area contributed by atoms with Gasteiger partial charge in [-0.2, -0.15) is 0 Å². The van der Waals surface area contributed by atoms with Gasteiger partial charge in [0.1, 0.15) is 5.69 Å². The van der Waals surface area contributed by atoms with Crippen molar-refractivity contribution in [1.82, 2.24) is 9.47 Å². The van der Waals surface area contributed by atoms with Crippen molar-refractivity contribution in [3.63, 3.8) is 0 Å². The molecule has 0 unspecified atom stereocenters. The molecule has 116 valence electrons. The Bertz CT molecular complexity index is 545. The molecule has 1 aromatic heterocycles. The molecule has 5 nitrogen and oxygen atoms in total. The van der Waals surface area contributed by atoms with E-state index in [1.54, 1.807) is 4.90 Å². The predicted octanol–water partition coefficient (Wildman–Crippen LogP) is 2.99. The van der Waals surface area contributed by atoms with Gasteiger partial charge in [0.25, 0.3) is 5.91 Å². The van der Waals surface area contributed by atoms with Crippen molar-refractivity contribution >= 4 is 27.8 Å². The number of carboxylic acids is 1. The molecule has 6 heteroatoms. The van der Waals surface area contributed by atoms with Gasteiger partial charge < -0.3 is 14.6 Å². The quantitative estimate of drug-likeness (QED) is 0.901. The van der Waals surface area contributed by atoms with Gasteiger partial charge in [0.05, 0.1) is 5.41 Å². The van der Waals surface area contributed by atoms with Crippen LogP contribution in [0.4, 0.5) is 0 Å². The van der Waals surface area contributed by atoms with Crippen molar-refractivity contribution < 1.29 is 14.7 Å². The van der Waals surface area contributed by atoms with Crippen molar-refractivity contribution in [2.45, 2.75) is 39.7 Å². The zero-order valence-corrected chi connectivity index (χ0v) is 14.0. The minimum absolute atomic E-state index is 0.0161. The van der Waals surface area contributed by atoms with Gasteiger partial charge in [-0.15, -0.1) is 0 Å². The number of amides is 1. The van der Waals surface area contributed by atoms with Crippen molar-refractivity contribution in [3.8, 4) is 0 Å². The lowest BCUT2D eigenvalue weighted by molar-refractivity contribution is -0.152. The van der Waals surface area contributed by atoms with Crippen LogP contribution in [0.15, 0.2) is 16.7 Å². The molecular formula is C15H21BrN2O3. The number of aryl methyl sites for hydroxylation is 1. The molecule has 0 aromatic carbocycles. The van der Waals surface area contributed by atoms with Crippen LogP contribution in [0.5, 0.6) is 0 Å². The van der Waals surface area contributed by atoms with Crippen LogP contribution in [0, 0.1) is 5.41 Å². The normalized spacial score (nSPS) is 17.8. The lowest BCUT2D eigenvalue weighted by atomic mass is 9.76. The first-order chi connectivity index (χ1) is 9.93. The molecule has 0 saturated carbocycles. The van der Waals surface area contributed by atoms with E-state index in [4.69, 9.17) is 0 Å². The van der Waals surface area contributed by atoms with E-state index < -0.39 is 11.4 Å². The molecule has 21 heavy (non-hydrogen) atoms. The third-order valence-corrected chi connectivity index (χ3v) is 4.99. The first kappa shape index (κ1) is 16.1. The van der Waals surface area contributed by atoms with E-state index in [9.17, 15) is 14.7 Å². The number of carbonyl (C=O) groups excluding carboxylic acids is 1. The number of halogens is 1. The minimum atomic E-state index is -0.739. The minimum Gasteiger partial charge on any atom is -0.481 e. The maximum absolute atomic E-state index is 12.6. The fourth-order valence-corrected chi connectivity index (χ4v) is 3.40. The number of likely N-dealkylation sites (tertiary alicyclic amines) is 1. The summed E-state index contributed by atoms with van der Waals surface area (Å²) in [6.45, 7) is 5.64. The summed E-state index contributed by atoms with van der Waals surface area (Å²) in [5, 5.41) is 9.40. The van der Waals surface area contributed by atoms with Crippen LogP contribution < -0.4 is 0 Å². The molecule has 0 bridgehead atoms. The molecule has 1 aliphatic heterocycles. The number of nitrogens with zero attached hydrogens (tertiary/aromatic N) is 2. The Morgan fingerprint density at radius 1 is 1.33 bits per heavy atom. The molecule has 1 fully saturated rings. The molecule has 1 aliphatic rings. The number of carbonyl (C=O) groups is 2. The topological polar surface area (TPSA) is 62.5 Å². The van der Waals surface area contributed by atoms with Gasteiger partial charge in [-0.3, -0.25) is 9.59 Å². The summed E-state index contributed by atoms with van der Waals surface area (Å²) in [7, 11) is 0. The largest absolute Gasteiger partial charge is 0.481 e. The lowest BCUT2D eigenvalue weighted by Gasteiger charge is -2.38. The average Bonchev–Trinajstić information content (AvgIpc) is 2.87. The smallest absolute Gasteiger partial charge is 0.309 e. The monoisotopic (exact) mass is 356 g/mol. The lowest BCUT2D eigenvalue weighted by Crippen LogP contribution is -2.46. The van der Waals surface area contributed by atoms with E-state index in [2.05, 4.69) is 15.9 Å². The van der Waals surface area contributed by atoms with Gasteiger partial charge in [-0.25, -0.2) is 0 Å². The molecule has 1 saturated heterocycles. The summed E-state index contributed by atoms with van der Waals surface area (Å²) >= 11 is 3.40. The van der Waals surface area contributed by atoms with E-state index in [0.29, 0.717) is 38.0 Å². The Kier molecular flexibility index (Phi) is 4.76. The van der Waals surface area contributed by atoms with Gasteiger partial charge >= 0.3 is 5.97 Å². The summed E-state index contributed by atoms with van der Waals surface area (Å²) in [5.74, 6) is -0.755. The summed E-state index contributed by atoms with van der Waals surface area (Å²) < 4.78 is 2.80. The molecule has 0 aliphatic carbocycles. The van der Waals surface area contributed by atoms with Crippen LogP contribution in [0.25, 0.3) is 0 Å². The fourth-order valence-electron chi connectivity index (χ4n) is 2.93. The number of hydrogen-bond donors (Lipinski definition) is 1. The van der Waals surface area contributed by atoms with E-state index in [1.165, 1.54) is 0 Å². The Balaban J connectivity index is 2.11. The van der Waals surface area contributed by atoms with Crippen LogP contribution in [-0.4, -0.2) is 39.5 Å². The Morgan fingerprint density at radius 3 is 2.43 bits per heavy atom. The van der Waals surface area contributed by atoms with Crippen LogP contribution in [0.1, 0.15) is 43.6 Å². The Labute approximate surface area is 133 Å². The average molecular weight is 357 g/mol. The summed E-state index contributed by atoms with van der Waals surface area (Å²) in [4.78, 5) is 25.8. The van der Waals surface area contributed by atoms with Crippen LogP contribution in [-0.2, 0) is 11.3 Å². The predicted molar refractivity (Wildman–Crippen MR) is 83.3 cm³/mol. The molecule has 1 amide bonds. The zero-order valence-electron chi connectivity index (χ0n) is 12.4. The van der Waals surface area contributed by atoms with Gasteiger partial charge in [0.2, 0.25) is 0 Å². The second kappa shape index (κ2) is 6.22. The molecule has 0 spiro atoms. The molecule has 2 rings (SSSR count). The molecule has 1 N–H and O–H groups in total. The van der Waals surface area contributed by atoms with Gasteiger partial charge in [0.15, 0.2) is 0 Å². The van der Waals surface area contributed by atoms with Gasteiger partial charge in [-0.1, -0.05) is 6.92 Å². The summed E-state index contributed by atoms with van der Waals surface area (Å²) in [6, 6.07) is 1.82. The molecule has 0 atom stereocenters. The zero-order chi connectivity index (χ0) is 15.6. The molecule has 2 heterocycles. The van der Waals surface area contributed by atoms with Crippen molar-refractivity contribution in [1.29, 1.82) is 0 Å². The second-order valence-electron chi connectivity index (χ2n) is 5.56. The number of rotatable bonds is 4. The van der Waals surface area contributed by atoms with E-state index in [-0.39, 0.29) is 5.91 Å². The van der Waals surface area contributed by atoms with Crippen molar-refractivity contribution in [3.05, 3.63) is 22.4 Å². The number of carboxylic acid groups (broad SMARTS) is 1. The second-order valence-corrected chi connectivity index (χ2v) is 6.48. The maximum atomic E-state index is 12.6. The number of piperidine rings is 1. The fraction of sp³-hybridized carbons (Fsp3) is 0.600. The van der Waals surface area contributed by atoms with Crippen LogP contribution in [0.2, 0.25) is 0 Å². The number of aliphatic carboxylic acids is 1. The first-order valence-corrected chi connectivity index (χ1v) is 8.11. The van der Waals surface area contributed by atoms with Crippen molar-refractivity contribution in [2.75, 3.05) is 13.1 Å². The number of aromatic nitrogens is 1. The highest BCUT2D eigenvalue weighted by Gasteiger charge is 2.41. The highest BCUT2D eigenvalue weighted by atomic mass is 79.9. The molecule has 0 radical (unpaired) electrons. The van der Waals surface area contributed by atoms with E-state index in [1.807, 2.05) is 30.7 Å². The van der Waals surface area contributed by atoms with E-state index in [0.717, 1.165) is 11.0 Å². The van der Waals surface area contributed by atoms with Crippen LogP contribution in [0.3, 0.4) is 0 Å². The van der Waals surface area contributed by atoms with Gasteiger partial charge in [-0.05, 0) is 48.2 Å². The molecule has 1 aromatic rings. The highest BCUT2D eigenvalue weighted by Crippen LogP contribution is 2.35. The SMILES string of the molecule is CCn1cc(Br)cc1C(=O)N1CCC(CC)(C(=O)O)CC1. The third kappa shape index (κ3) is 3.00. The van der Waals surface area contributed by atoms with E-state index >= 15 is 0 Å².